The highest BCUT2D eigenvalue weighted by Gasteiger charge is 2.20. The molecular weight excluding hydrogens is 256 g/mol. The number of furan rings is 1. The fourth-order valence-corrected chi connectivity index (χ4v) is 2.38. The van der Waals surface area contributed by atoms with E-state index < -0.39 is 6.10 Å². The van der Waals surface area contributed by atoms with Gasteiger partial charge in [0.15, 0.2) is 11.5 Å². The minimum atomic E-state index is -0.743. The largest absolute Gasteiger partial charge is 0.493 e. The number of hydrogen-bond donors (Lipinski definition) is 1. The van der Waals surface area contributed by atoms with E-state index in [1.54, 1.807) is 20.3 Å². The van der Waals surface area contributed by atoms with Crippen molar-refractivity contribution in [2.45, 2.75) is 26.9 Å². The number of hydrogen-bond acceptors (Lipinski definition) is 4. The molecule has 0 aliphatic heterocycles. The number of benzene rings is 1. The Morgan fingerprint density at radius 3 is 2.05 bits per heavy atom. The van der Waals surface area contributed by atoms with Crippen molar-refractivity contribution in [3.8, 4) is 11.5 Å². The van der Waals surface area contributed by atoms with Crippen LogP contribution in [0.5, 0.6) is 11.5 Å². The minimum Gasteiger partial charge on any atom is -0.493 e. The highest BCUT2D eigenvalue weighted by atomic mass is 16.5. The van der Waals surface area contributed by atoms with Crippen LogP contribution in [0.4, 0.5) is 0 Å². The normalized spacial score (nSPS) is 12.3. The van der Waals surface area contributed by atoms with Gasteiger partial charge in [0.2, 0.25) is 0 Å². The standard InChI is InChI=1S/C16H20O4/c1-9-6-14(18-4)15(19-5)8-12(9)16(17)13-7-10(2)20-11(13)3/h6-8,16-17H,1-5H3. The monoisotopic (exact) mass is 276 g/mol. The van der Waals surface area contributed by atoms with Crippen molar-refractivity contribution in [1.29, 1.82) is 0 Å². The van der Waals surface area contributed by atoms with Crippen LogP contribution in [0.15, 0.2) is 22.6 Å². The van der Waals surface area contributed by atoms with Crippen molar-refractivity contribution in [3.63, 3.8) is 0 Å². The molecule has 0 saturated carbocycles. The van der Waals surface area contributed by atoms with Crippen LogP contribution in [-0.4, -0.2) is 19.3 Å². The smallest absolute Gasteiger partial charge is 0.161 e. The lowest BCUT2D eigenvalue weighted by Crippen LogP contribution is -2.04. The van der Waals surface area contributed by atoms with E-state index in [0.29, 0.717) is 11.5 Å². The van der Waals surface area contributed by atoms with E-state index in [0.717, 1.165) is 28.2 Å². The van der Waals surface area contributed by atoms with Gasteiger partial charge in [-0.15, -0.1) is 0 Å². The lowest BCUT2D eigenvalue weighted by Gasteiger charge is -2.16. The summed E-state index contributed by atoms with van der Waals surface area (Å²) in [7, 11) is 3.17. The van der Waals surface area contributed by atoms with E-state index in [9.17, 15) is 5.11 Å². The van der Waals surface area contributed by atoms with Crippen LogP contribution in [0.3, 0.4) is 0 Å². The predicted molar refractivity (Wildman–Crippen MR) is 76.5 cm³/mol. The van der Waals surface area contributed by atoms with Gasteiger partial charge in [-0.05, 0) is 50.1 Å². The van der Waals surface area contributed by atoms with E-state index in [2.05, 4.69) is 0 Å². The van der Waals surface area contributed by atoms with Crippen molar-refractivity contribution < 1.29 is 19.0 Å². The molecule has 1 unspecified atom stereocenters. The molecule has 1 aromatic heterocycles. The van der Waals surface area contributed by atoms with E-state index in [-0.39, 0.29) is 0 Å². The second kappa shape index (κ2) is 5.59. The molecule has 20 heavy (non-hydrogen) atoms. The first-order valence-corrected chi connectivity index (χ1v) is 6.45. The number of rotatable bonds is 4. The van der Waals surface area contributed by atoms with Gasteiger partial charge in [-0.3, -0.25) is 0 Å². The van der Waals surface area contributed by atoms with Gasteiger partial charge in [0.05, 0.1) is 14.2 Å². The molecule has 4 heteroatoms. The van der Waals surface area contributed by atoms with Gasteiger partial charge in [0.1, 0.15) is 17.6 Å². The summed E-state index contributed by atoms with van der Waals surface area (Å²) in [5, 5.41) is 10.6. The third-order valence-corrected chi connectivity index (χ3v) is 3.44. The van der Waals surface area contributed by atoms with E-state index in [1.165, 1.54) is 0 Å². The Morgan fingerprint density at radius 2 is 1.55 bits per heavy atom. The molecule has 2 rings (SSSR count). The van der Waals surface area contributed by atoms with Crippen LogP contribution in [0.25, 0.3) is 0 Å². The summed E-state index contributed by atoms with van der Waals surface area (Å²) in [5.41, 5.74) is 2.50. The lowest BCUT2D eigenvalue weighted by atomic mass is 9.97. The topological polar surface area (TPSA) is 51.8 Å². The molecular formula is C16H20O4. The van der Waals surface area contributed by atoms with E-state index in [4.69, 9.17) is 13.9 Å². The molecule has 2 aromatic rings. The fourth-order valence-electron chi connectivity index (χ4n) is 2.38. The van der Waals surface area contributed by atoms with Crippen LogP contribution in [0.2, 0.25) is 0 Å². The van der Waals surface area contributed by atoms with Crippen molar-refractivity contribution >= 4 is 0 Å². The van der Waals surface area contributed by atoms with Crippen LogP contribution in [-0.2, 0) is 0 Å². The quantitative estimate of drug-likeness (QED) is 0.931. The molecule has 108 valence electrons. The molecule has 0 aliphatic carbocycles. The van der Waals surface area contributed by atoms with Gasteiger partial charge in [-0.2, -0.15) is 0 Å². The first-order chi connectivity index (χ1) is 9.47. The second-order valence-electron chi connectivity index (χ2n) is 4.83. The maximum absolute atomic E-state index is 10.6. The van der Waals surface area contributed by atoms with Gasteiger partial charge < -0.3 is 19.0 Å². The molecule has 0 saturated heterocycles. The molecule has 1 heterocycles. The van der Waals surface area contributed by atoms with Crippen molar-refractivity contribution in [2.24, 2.45) is 0 Å². The van der Waals surface area contributed by atoms with Gasteiger partial charge in [-0.25, -0.2) is 0 Å². The molecule has 4 nitrogen and oxygen atoms in total. The zero-order chi connectivity index (χ0) is 14.9. The Bertz CT molecular complexity index is 613. The molecule has 1 N–H and O–H groups in total. The van der Waals surface area contributed by atoms with E-state index in [1.807, 2.05) is 32.9 Å². The predicted octanol–water partition coefficient (Wildman–Crippen LogP) is 3.30. The maximum atomic E-state index is 10.6. The summed E-state index contributed by atoms with van der Waals surface area (Å²) in [4.78, 5) is 0. The first-order valence-electron chi connectivity index (χ1n) is 6.45. The molecule has 1 aromatic carbocycles. The second-order valence-corrected chi connectivity index (χ2v) is 4.83. The van der Waals surface area contributed by atoms with Crippen LogP contribution in [0.1, 0.15) is 34.3 Å². The summed E-state index contributed by atoms with van der Waals surface area (Å²) in [6.45, 7) is 5.65. The lowest BCUT2D eigenvalue weighted by molar-refractivity contribution is 0.216. The molecule has 0 bridgehead atoms. The average Bonchev–Trinajstić information content (AvgIpc) is 2.76. The SMILES string of the molecule is COc1cc(C)c(C(O)c2cc(C)oc2C)cc1OC. The fraction of sp³-hybridized carbons (Fsp3) is 0.375. The molecule has 0 amide bonds. The molecule has 0 radical (unpaired) electrons. The Kier molecular flexibility index (Phi) is 4.04. The Hall–Kier alpha value is -1.94. The summed E-state index contributed by atoms with van der Waals surface area (Å²) >= 11 is 0. The van der Waals surface area contributed by atoms with Gasteiger partial charge in [0, 0.05) is 5.56 Å². The van der Waals surface area contributed by atoms with Gasteiger partial charge >= 0.3 is 0 Å². The Morgan fingerprint density at radius 1 is 0.950 bits per heavy atom. The molecule has 0 aliphatic rings. The summed E-state index contributed by atoms with van der Waals surface area (Å²) in [6, 6.07) is 5.52. The number of aryl methyl sites for hydroxylation is 3. The number of aliphatic hydroxyl groups excluding tert-OH is 1. The summed E-state index contributed by atoms with van der Waals surface area (Å²) in [5.74, 6) is 2.77. The van der Waals surface area contributed by atoms with Crippen LogP contribution >= 0.6 is 0 Å². The number of methoxy groups -OCH3 is 2. The maximum Gasteiger partial charge on any atom is 0.161 e. The van der Waals surface area contributed by atoms with Crippen molar-refractivity contribution in [1.82, 2.24) is 0 Å². The first kappa shape index (κ1) is 14.5. The van der Waals surface area contributed by atoms with Crippen molar-refractivity contribution in [2.75, 3.05) is 14.2 Å². The van der Waals surface area contributed by atoms with Gasteiger partial charge in [-0.1, -0.05) is 0 Å². The summed E-state index contributed by atoms with van der Waals surface area (Å²) in [6.07, 6.45) is -0.743. The van der Waals surface area contributed by atoms with Gasteiger partial charge in [0.25, 0.3) is 0 Å². The third kappa shape index (κ3) is 2.51. The molecule has 0 fully saturated rings. The average molecular weight is 276 g/mol. The molecule has 1 atom stereocenters. The highest BCUT2D eigenvalue weighted by Crippen LogP contribution is 2.36. The molecule has 0 spiro atoms. The highest BCUT2D eigenvalue weighted by molar-refractivity contribution is 5.49. The summed E-state index contributed by atoms with van der Waals surface area (Å²) < 4.78 is 16.0. The van der Waals surface area contributed by atoms with Crippen molar-refractivity contribution in [3.05, 3.63) is 46.4 Å². The zero-order valence-electron chi connectivity index (χ0n) is 12.5. The minimum absolute atomic E-state index is 0.602. The Labute approximate surface area is 118 Å². The zero-order valence-corrected chi connectivity index (χ0v) is 12.5. The van der Waals surface area contributed by atoms with Crippen LogP contribution < -0.4 is 9.47 Å². The van der Waals surface area contributed by atoms with Crippen LogP contribution in [0, 0.1) is 20.8 Å². The third-order valence-electron chi connectivity index (χ3n) is 3.44. The van der Waals surface area contributed by atoms with E-state index >= 15 is 0 Å². The number of ether oxygens (including phenoxy) is 2. The number of aliphatic hydroxyl groups is 1. The Balaban J connectivity index is 2.49.